The molecule has 0 heterocycles. The van der Waals surface area contributed by atoms with Crippen molar-refractivity contribution in [1.29, 1.82) is 0 Å². The van der Waals surface area contributed by atoms with Crippen molar-refractivity contribution < 1.29 is 9.53 Å². The third kappa shape index (κ3) is 6.46. The molecule has 2 aromatic carbocycles. The van der Waals surface area contributed by atoms with E-state index < -0.39 is 6.10 Å². The summed E-state index contributed by atoms with van der Waals surface area (Å²) in [6.45, 7) is 8.54. The number of ether oxygens (including phenoxy) is 1. The van der Waals surface area contributed by atoms with Crippen molar-refractivity contribution in [2.24, 2.45) is 0 Å². The van der Waals surface area contributed by atoms with Crippen molar-refractivity contribution in [3.05, 3.63) is 64.7 Å². The molecule has 1 amide bonds. The number of thioether (sulfide) groups is 1. The standard InChI is InChI=1S/C21H27NO2S/c1-15-6-5-7-19(12-15)14-25-11-10-22-21(23)18(4)24-20-13-16(2)8-9-17(20)3/h5-9,12-13,18H,10-11,14H2,1-4H3,(H,22,23)/t18-/m0/s1. The van der Waals surface area contributed by atoms with Gasteiger partial charge in [0.15, 0.2) is 6.10 Å². The number of hydrogen-bond donors (Lipinski definition) is 1. The third-order valence-corrected chi connectivity index (χ3v) is 4.94. The first kappa shape index (κ1) is 19.4. The smallest absolute Gasteiger partial charge is 0.260 e. The molecule has 1 atom stereocenters. The topological polar surface area (TPSA) is 38.3 Å². The lowest BCUT2D eigenvalue weighted by Gasteiger charge is -2.16. The first-order valence-corrected chi connectivity index (χ1v) is 9.76. The van der Waals surface area contributed by atoms with Crippen molar-refractivity contribution in [1.82, 2.24) is 5.32 Å². The quantitative estimate of drug-likeness (QED) is 0.710. The van der Waals surface area contributed by atoms with E-state index in [1.54, 1.807) is 6.92 Å². The highest BCUT2D eigenvalue weighted by atomic mass is 32.2. The van der Waals surface area contributed by atoms with Gasteiger partial charge in [0.05, 0.1) is 0 Å². The fourth-order valence-electron chi connectivity index (χ4n) is 2.46. The van der Waals surface area contributed by atoms with Gasteiger partial charge in [-0.05, 0) is 50.5 Å². The summed E-state index contributed by atoms with van der Waals surface area (Å²) in [6, 6.07) is 14.5. The van der Waals surface area contributed by atoms with Gasteiger partial charge in [0.1, 0.15) is 5.75 Å². The van der Waals surface area contributed by atoms with E-state index in [1.165, 1.54) is 11.1 Å². The molecule has 0 bridgehead atoms. The summed E-state index contributed by atoms with van der Waals surface area (Å²) in [5.74, 6) is 2.55. The minimum absolute atomic E-state index is 0.0722. The van der Waals surface area contributed by atoms with Crippen LogP contribution in [0.2, 0.25) is 0 Å². The normalized spacial score (nSPS) is 11.8. The van der Waals surface area contributed by atoms with Crippen LogP contribution in [0.1, 0.15) is 29.2 Å². The Bertz CT molecular complexity index is 715. The maximum Gasteiger partial charge on any atom is 0.260 e. The Morgan fingerprint density at radius 1 is 1.12 bits per heavy atom. The van der Waals surface area contributed by atoms with Crippen molar-refractivity contribution in [2.75, 3.05) is 12.3 Å². The molecular formula is C21H27NO2S. The highest BCUT2D eigenvalue weighted by molar-refractivity contribution is 7.98. The maximum atomic E-state index is 12.2. The number of carbonyl (C=O) groups is 1. The molecule has 134 valence electrons. The predicted octanol–water partition coefficient (Wildman–Crippen LogP) is 4.43. The highest BCUT2D eigenvalue weighted by Crippen LogP contribution is 2.20. The van der Waals surface area contributed by atoms with Crippen molar-refractivity contribution in [3.8, 4) is 5.75 Å². The Morgan fingerprint density at radius 2 is 1.88 bits per heavy atom. The van der Waals surface area contributed by atoms with Crippen LogP contribution in [0.4, 0.5) is 0 Å². The van der Waals surface area contributed by atoms with E-state index >= 15 is 0 Å². The number of amides is 1. The number of aryl methyl sites for hydroxylation is 3. The van der Waals surface area contributed by atoms with Crippen LogP contribution in [0.5, 0.6) is 5.75 Å². The largest absolute Gasteiger partial charge is 0.481 e. The molecule has 2 aromatic rings. The zero-order valence-corrected chi connectivity index (χ0v) is 16.3. The minimum atomic E-state index is -0.498. The molecule has 0 saturated heterocycles. The minimum Gasteiger partial charge on any atom is -0.481 e. The van der Waals surface area contributed by atoms with Gasteiger partial charge in [-0.2, -0.15) is 11.8 Å². The molecule has 0 aromatic heterocycles. The molecule has 0 spiro atoms. The lowest BCUT2D eigenvalue weighted by molar-refractivity contribution is -0.127. The van der Waals surface area contributed by atoms with E-state index in [0.29, 0.717) is 6.54 Å². The SMILES string of the molecule is Cc1cccc(CSCCNC(=O)[C@H](C)Oc2cc(C)ccc2C)c1. The van der Waals surface area contributed by atoms with E-state index in [0.717, 1.165) is 28.4 Å². The number of hydrogen-bond acceptors (Lipinski definition) is 3. The molecule has 0 saturated carbocycles. The van der Waals surface area contributed by atoms with Crippen molar-refractivity contribution >= 4 is 17.7 Å². The van der Waals surface area contributed by atoms with Gasteiger partial charge in [-0.15, -0.1) is 0 Å². The van der Waals surface area contributed by atoms with Crippen LogP contribution in [0.3, 0.4) is 0 Å². The first-order chi connectivity index (χ1) is 12.0. The zero-order chi connectivity index (χ0) is 18.2. The summed E-state index contributed by atoms with van der Waals surface area (Å²) in [5.41, 5.74) is 4.77. The summed E-state index contributed by atoms with van der Waals surface area (Å²) in [5, 5.41) is 2.95. The van der Waals surface area contributed by atoms with Crippen LogP contribution >= 0.6 is 11.8 Å². The molecule has 0 unspecified atom stereocenters. The molecule has 4 heteroatoms. The van der Waals surface area contributed by atoms with Crippen LogP contribution in [0.25, 0.3) is 0 Å². The van der Waals surface area contributed by atoms with Crippen LogP contribution in [-0.2, 0) is 10.5 Å². The summed E-state index contributed by atoms with van der Waals surface area (Å²) in [6.07, 6.45) is -0.498. The molecule has 0 radical (unpaired) electrons. The third-order valence-electron chi connectivity index (χ3n) is 3.91. The predicted molar refractivity (Wildman–Crippen MR) is 106 cm³/mol. The fraction of sp³-hybridized carbons (Fsp3) is 0.381. The average molecular weight is 358 g/mol. The molecule has 25 heavy (non-hydrogen) atoms. The van der Waals surface area contributed by atoms with Crippen LogP contribution in [0.15, 0.2) is 42.5 Å². The van der Waals surface area contributed by atoms with Gasteiger partial charge < -0.3 is 10.1 Å². The Morgan fingerprint density at radius 3 is 2.64 bits per heavy atom. The molecule has 0 aliphatic rings. The van der Waals surface area contributed by atoms with Crippen LogP contribution in [0, 0.1) is 20.8 Å². The summed E-state index contributed by atoms with van der Waals surface area (Å²) >= 11 is 1.82. The van der Waals surface area contributed by atoms with Gasteiger partial charge in [0, 0.05) is 18.1 Å². The number of rotatable bonds is 8. The molecule has 3 nitrogen and oxygen atoms in total. The highest BCUT2D eigenvalue weighted by Gasteiger charge is 2.15. The molecule has 1 N–H and O–H groups in total. The van der Waals surface area contributed by atoms with E-state index in [4.69, 9.17) is 4.74 Å². The van der Waals surface area contributed by atoms with Gasteiger partial charge in [-0.25, -0.2) is 0 Å². The van der Waals surface area contributed by atoms with Crippen LogP contribution < -0.4 is 10.1 Å². The lowest BCUT2D eigenvalue weighted by Crippen LogP contribution is -2.37. The Labute approximate surface area is 155 Å². The van der Waals surface area contributed by atoms with E-state index in [1.807, 2.05) is 43.8 Å². The summed E-state index contributed by atoms with van der Waals surface area (Å²) < 4.78 is 5.81. The molecule has 0 fully saturated rings. The second kappa shape index (κ2) is 9.52. The van der Waals surface area contributed by atoms with Gasteiger partial charge in [0.25, 0.3) is 5.91 Å². The second-order valence-corrected chi connectivity index (χ2v) is 7.47. The second-order valence-electron chi connectivity index (χ2n) is 6.36. The average Bonchev–Trinajstić information content (AvgIpc) is 2.57. The molecule has 0 aliphatic carbocycles. The molecule has 2 rings (SSSR count). The fourth-order valence-corrected chi connectivity index (χ4v) is 3.27. The number of benzene rings is 2. The van der Waals surface area contributed by atoms with E-state index in [2.05, 4.69) is 36.5 Å². The Hall–Kier alpha value is -1.94. The first-order valence-electron chi connectivity index (χ1n) is 8.60. The maximum absolute atomic E-state index is 12.2. The lowest BCUT2D eigenvalue weighted by atomic mass is 10.1. The number of nitrogens with one attached hydrogen (secondary N) is 1. The van der Waals surface area contributed by atoms with Gasteiger partial charge >= 0.3 is 0 Å². The van der Waals surface area contributed by atoms with Gasteiger partial charge in [-0.1, -0.05) is 42.0 Å². The van der Waals surface area contributed by atoms with E-state index in [9.17, 15) is 4.79 Å². The van der Waals surface area contributed by atoms with Gasteiger partial charge in [0.2, 0.25) is 0 Å². The zero-order valence-electron chi connectivity index (χ0n) is 15.5. The number of carbonyl (C=O) groups excluding carboxylic acids is 1. The summed E-state index contributed by atoms with van der Waals surface area (Å²) in [4.78, 5) is 12.2. The van der Waals surface area contributed by atoms with Crippen molar-refractivity contribution in [3.63, 3.8) is 0 Å². The molecule has 0 aliphatic heterocycles. The monoisotopic (exact) mass is 357 g/mol. The van der Waals surface area contributed by atoms with Gasteiger partial charge in [-0.3, -0.25) is 4.79 Å². The van der Waals surface area contributed by atoms with Crippen molar-refractivity contribution in [2.45, 2.75) is 39.6 Å². The Balaban J connectivity index is 1.70. The van der Waals surface area contributed by atoms with Crippen LogP contribution in [-0.4, -0.2) is 24.3 Å². The van der Waals surface area contributed by atoms with E-state index in [-0.39, 0.29) is 5.91 Å². The Kier molecular flexibility index (Phi) is 7.38. The summed E-state index contributed by atoms with van der Waals surface area (Å²) in [7, 11) is 0. The molecular weight excluding hydrogens is 330 g/mol.